The predicted octanol–water partition coefficient (Wildman–Crippen LogP) is 2.79. The van der Waals surface area contributed by atoms with Crippen LogP contribution in [-0.2, 0) is 4.74 Å². The van der Waals surface area contributed by atoms with Crippen molar-refractivity contribution in [1.29, 1.82) is 0 Å². The van der Waals surface area contributed by atoms with Crippen molar-refractivity contribution in [2.24, 2.45) is 0 Å². The number of H-pyrrole nitrogens is 1. The molecule has 2 heterocycles. The summed E-state index contributed by atoms with van der Waals surface area (Å²) >= 11 is 1.04. The Balaban J connectivity index is 2.20. The summed E-state index contributed by atoms with van der Waals surface area (Å²) in [7, 11) is 0. The van der Waals surface area contributed by atoms with Crippen LogP contribution < -0.4 is 0 Å². The number of nitrogens with one attached hydrogen (secondary N) is 1. The van der Waals surface area contributed by atoms with Crippen molar-refractivity contribution in [2.75, 3.05) is 0 Å². The van der Waals surface area contributed by atoms with Gasteiger partial charge in [0.2, 0.25) is 0 Å². The zero-order valence-corrected chi connectivity index (χ0v) is 12.1. The van der Waals surface area contributed by atoms with Gasteiger partial charge in [0, 0.05) is 6.20 Å². The van der Waals surface area contributed by atoms with Gasteiger partial charge in [-0.05, 0) is 26.8 Å². The van der Waals surface area contributed by atoms with Crippen LogP contribution in [0.3, 0.4) is 0 Å². The van der Waals surface area contributed by atoms with Crippen molar-refractivity contribution in [3.8, 4) is 10.7 Å². The molecule has 0 spiro atoms. The minimum Gasteiger partial charge on any atom is -0.477 e. The van der Waals surface area contributed by atoms with Gasteiger partial charge in [0.15, 0.2) is 0 Å². The number of thiazole rings is 1. The summed E-state index contributed by atoms with van der Waals surface area (Å²) in [5, 5.41) is 9.36. The molecule has 0 saturated heterocycles. The fourth-order valence-electron chi connectivity index (χ4n) is 1.47. The summed E-state index contributed by atoms with van der Waals surface area (Å²) in [6.45, 7) is 5.37. The zero-order chi connectivity index (χ0) is 14.9. The molecule has 0 atom stereocenters. The molecule has 106 valence electrons. The van der Waals surface area contributed by atoms with E-state index in [2.05, 4.69) is 9.97 Å². The van der Waals surface area contributed by atoms with Crippen LogP contribution in [0, 0.1) is 0 Å². The quantitative estimate of drug-likeness (QED) is 0.849. The predicted molar refractivity (Wildman–Crippen MR) is 74.0 cm³/mol. The lowest BCUT2D eigenvalue weighted by Crippen LogP contribution is -2.23. The molecule has 0 radical (unpaired) electrons. The molecule has 2 aromatic rings. The Kier molecular flexibility index (Phi) is 3.63. The second kappa shape index (κ2) is 5.09. The number of carboxylic acid groups (broad SMARTS) is 1. The number of rotatable bonds is 3. The van der Waals surface area contributed by atoms with Crippen LogP contribution in [0.2, 0.25) is 0 Å². The second-order valence-corrected chi connectivity index (χ2v) is 6.17. The molecule has 0 aromatic carbocycles. The minimum absolute atomic E-state index is 0.147. The molecule has 2 N–H and O–H groups in total. The molecule has 0 saturated carbocycles. The Labute approximate surface area is 119 Å². The van der Waals surface area contributed by atoms with Crippen molar-refractivity contribution in [3.63, 3.8) is 0 Å². The molecule has 0 unspecified atom stereocenters. The summed E-state index contributed by atoms with van der Waals surface area (Å²) in [4.78, 5) is 29.7. The lowest BCUT2D eigenvalue weighted by molar-refractivity contribution is 0.00696. The monoisotopic (exact) mass is 294 g/mol. The average Bonchev–Trinajstić information content (AvgIpc) is 2.95. The van der Waals surface area contributed by atoms with Gasteiger partial charge >= 0.3 is 11.9 Å². The number of carboxylic acids is 1. The molecule has 0 fully saturated rings. The molecular weight excluding hydrogens is 280 g/mol. The standard InChI is InChI=1S/C13H14N2O4S/c1-13(2,3)19-12(18)7-4-8(14-5-7)10-15-6-9(20-10)11(16)17/h4-6,14H,1-3H3,(H,16,17). The molecule has 2 aromatic heterocycles. The third-order valence-corrected chi connectivity index (χ3v) is 3.28. The Morgan fingerprint density at radius 1 is 1.40 bits per heavy atom. The molecular formula is C13H14N2O4S. The van der Waals surface area contributed by atoms with Gasteiger partial charge in [-0.2, -0.15) is 0 Å². The highest BCUT2D eigenvalue weighted by molar-refractivity contribution is 7.16. The van der Waals surface area contributed by atoms with Crippen LogP contribution in [0.5, 0.6) is 0 Å². The first-order valence-corrected chi connectivity index (χ1v) is 6.69. The number of esters is 1. The van der Waals surface area contributed by atoms with E-state index in [4.69, 9.17) is 9.84 Å². The maximum Gasteiger partial charge on any atom is 0.347 e. The first-order chi connectivity index (χ1) is 9.26. The smallest absolute Gasteiger partial charge is 0.347 e. The van der Waals surface area contributed by atoms with Crippen LogP contribution in [0.25, 0.3) is 10.7 Å². The summed E-state index contributed by atoms with van der Waals surface area (Å²) < 4.78 is 5.25. The van der Waals surface area contributed by atoms with Crippen molar-refractivity contribution < 1.29 is 19.4 Å². The van der Waals surface area contributed by atoms with Gasteiger partial charge in [0.25, 0.3) is 0 Å². The number of ether oxygens (including phenoxy) is 1. The van der Waals surface area contributed by atoms with Crippen LogP contribution in [-0.4, -0.2) is 32.6 Å². The van der Waals surface area contributed by atoms with Crippen molar-refractivity contribution in [3.05, 3.63) is 28.9 Å². The number of carbonyl (C=O) groups is 2. The largest absolute Gasteiger partial charge is 0.477 e. The number of carbonyl (C=O) groups excluding carboxylic acids is 1. The fourth-order valence-corrected chi connectivity index (χ4v) is 2.20. The van der Waals surface area contributed by atoms with E-state index in [1.807, 2.05) is 0 Å². The molecule has 2 rings (SSSR count). The molecule has 0 amide bonds. The fraction of sp³-hybridized carbons (Fsp3) is 0.308. The summed E-state index contributed by atoms with van der Waals surface area (Å²) in [6.07, 6.45) is 2.81. The lowest BCUT2D eigenvalue weighted by atomic mass is 10.2. The molecule has 0 aliphatic carbocycles. The van der Waals surface area contributed by atoms with Crippen LogP contribution in [0.4, 0.5) is 0 Å². The first kappa shape index (κ1) is 14.3. The maximum atomic E-state index is 11.9. The van der Waals surface area contributed by atoms with E-state index in [-0.39, 0.29) is 4.88 Å². The van der Waals surface area contributed by atoms with E-state index in [1.54, 1.807) is 26.8 Å². The highest BCUT2D eigenvalue weighted by atomic mass is 32.1. The van der Waals surface area contributed by atoms with Gasteiger partial charge in [-0.25, -0.2) is 14.6 Å². The lowest BCUT2D eigenvalue weighted by Gasteiger charge is -2.18. The van der Waals surface area contributed by atoms with E-state index < -0.39 is 17.5 Å². The second-order valence-electron chi connectivity index (χ2n) is 5.14. The molecule has 0 bridgehead atoms. The number of nitrogens with zero attached hydrogens (tertiary/aromatic N) is 1. The average molecular weight is 294 g/mol. The number of aromatic amines is 1. The summed E-state index contributed by atoms with van der Waals surface area (Å²) in [6, 6.07) is 1.60. The van der Waals surface area contributed by atoms with E-state index >= 15 is 0 Å². The van der Waals surface area contributed by atoms with E-state index in [0.29, 0.717) is 16.3 Å². The number of aromatic carboxylic acids is 1. The van der Waals surface area contributed by atoms with E-state index in [1.165, 1.54) is 12.4 Å². The van der Waals surface area contributed by atoms with E-state index in [0.717, 1.165) is 11.3 Å². The summed E-state index contributed by atoms with van der Waals surface area (Å²) in [5.74, 6) is -1.46. The molecule has 0 aliphatic heterocycles. The third kappa shape index (κ3) is 3.24. The highest BCUT2D eigenvalue weighted by Gasteiger charge is 2.20. The zero-order valence-electron chi connectivity index (χ0n) is 11.3. The number of aromatic nitrogens is 2. The number of hydrogen-bond donors (Lipinski definition) is 2. The third-order valence-electron chi connectivity index (χ3n) is 2.26. The maximum absolute atomic E-state index is 11.9. The topological polar surface area (TPSA) is 92.3 Å². The minimum atomic E-state index is -1.02. The van der Waals surface area contributed by atoms with Crippen LogP contribution in [0.1, 0.15) is 40.8 Å². The Bertz CT molecular complexity index is 651. The first-order valence-electron chi connectivity index (χ1n) is 5.87. The Morgan fingerprint density at radius 3 is 2.65 bits per heavy atom. The van der Waals surface area contributed by atoms with Gasteiger partial charge < -0.3 is 14.8 Å². The van der Waals surface area contributed by atoms with Crippen molar-refractivity contribution in [1.82, 2.24) is 9.97 Å². The molecule has 6 nitrogen and oxygen atoms in total. The highest BCUT2D eigenvalue weighted by Crippen LogP contribution is 2.25. The van der Waals surface area contributed by atoms with Crippen molar-refractivity contribution in [2.45, 2.75) is 26.4 Å². The van der Waals surface area contributed by atoms with Crippen LogP contribution in [0.15, 0.2) is 18.5 Å². The molecule has 20 heavy (non-hydrogen) atoms. The van der Waals surface area contributed by atoms with Gasteiger partial charge in [0.1, 0.15) is 15.5 Å². The Morgan fingerprint density at radius 2 is 2.10 bits per heavy atom. The SMILES string of the molecule is CC(C)(C)OC(=O)c1c[nH]c(-c2ncc(C(=O)O)s2)c1. The van der Waals surface area contributed by atoms with Crippen LogP contribution >= 0.6 is 11.3 Å². The summed E-state index contributed by atoms with van der Waals surface area (Å²) in [5.41, 5.74) is 0.400. The van der Waals surface area contributed by atoms with Crippen molar-refractivity contribution >= 4 is 23.3 Å². The molecule has 0 aliphatic rings. The van der Waals surface area contributed by atoms with Gasteiger partial charge in [0.05, 0.1) is 17.5 Å². The molecule has 7 heteroatoms. The normalized spacial score (nSPS) is 11.3. The van der Waals surface area contributed by atoms with Gasteiger partial charge in [-0.3, -0.25) is 0 Å². The Hall–Kier alpha value is -2.15. The number of hydrogen-bond acceptors (Lipinski definition) is 5. The van der Waals surface area contributed by atoms with E-state index in [9.17, 15) is 9.59 Å². The van der Waals surface area contributed by atoms with Gasteiger partial charge in [-0.15, -0.1) is 11.3 Å². The van der Waals surface area contributed by atoms with Gasteiger partial charge in [-0.1, -0.05) is 0 Å².